The zero-order chi connectivity index (χ0) is 13.0. The van der Waals surface area contributed by atoms with Crippen LogP contribution in [0.2, 0.25) is 5.79 Å². The summed E-state index contributed by atoms with van der Waals surface area (Å²) < 4.78 is 3.77. The lowest BCUT2D eigenvalue weighted by Gasteiger charge is -2.16. The second-order valence-electron chi connectivity index (χ2n) is 5.00. The van der Waals surface area contributed by atoms with E-state index in [0.29, 0.717) is 0 Å². The summed E-state index contributed by atoms with van der Waals surface area (Å²) in [5, 5.41) is 1.19. The molecule has 92 valence electrons. The lowest BCUT2D eigenvalue weighted by molar-refractivity contribution is 1.32. The lowest BCUT2D eigenvalue weighted by atomic mass is 10.1. The molecule has 0 saturated heterocycles. The molecule has 0 aliphatic heterocycles. The van der Waals surface area contributed by atoms with Crippen LogP contribution in [0.1, 0.15) is 16.7 Å². The third-order valence-electron chi connectivity index (χ3n) is 3.26. The Kier molecular flexibility index (Phi) is 4.47. The van der Waals surface area contributed by atoms with Crippen LogP contribution in [-0.2, 0) is 5.28 Å². The molecule has 0 aromatic heterocycles. The molecule has 0 spiro atoms. The van der Waals surface area contributed by atoms with Crippen molar-refractivity contribution in [2.24, 2.45) is 0 Å². The Morgan fingerprint density at radius 2 is 1.50 bits per heavy atom. The summed E-state index contributed by atoms with van der Waals surface area (Å²) in [6.45, 7) is 4.36. The van der Waals surface area contributed by atoms with Crippen molar-refractivity contribution in [3.8, 4) is 0 Å². The van der Waals surface area contributed by atoms with Gasteiger partial charge in [-0.05, 0) is 30.3 Å². The monoisotopic (exact) mass is 253 g/mol. The molecule has 0 fully saturated rings. The van der Waals surface area contributed by atoms with E-state index in [0.717, 1.165) is 0 Å². The van der Waals surface area contributed by atoms with Crippen molar-refractivity contribution in [1.82, 2.24) is 0 Å². The number of aryl methyl sites for hydroxylation is 2. The van der Waals surface area contributed by atoms with Gasteiger partial charge in [-0.25, -0.2) is 0 Å². The maximum absolute atomic E-state index is 3.77. The van der Waals surface area contributed by atoms with Crippen molar-refractivity contribution >= 4 is 20.1 Å². The first-order valence-corrected chi connectivity index (χ1v) is 9.08. The fourth-order valence-electron chi connectivity index (χ4n) is 2.31. The average Bonchev–Trinajstić information content (AvgIpc) is 2.35. The van der Waals surface area contributed by atoms with Crippen LogP contribution in [0.5, 0.6) is 0 Å². The highest BCUT2D eigenvalue weighted by molar-refractivity contribution is 6.60. The maximum Gasteiger partial charge on any atom is 0.412 e. The van der Waals surface area contributed by atoms with Gasteiger partial charge in [0.15, 0.2) is 0 Å². The van der Waals surface area contributed by atoms with E-state index in [1.807, 2.05) is 0 Å². The second-order valence-corrected chi connectivity index (χ2v) is 7.50. The molecule has 1 nitrogen and oxygen atoms in total. The summed E-state index contributed by atoms with van der Waals surface area (Å²) >= 11 is -0.962. The van der Waals surface area contributed by atoms with Crippen LogP contribution in [0.15, 0.2) is 48.5 Å². The molecule has 0 atom stereocenters. The summed E-state index contributed by atoms with van der Waals surface area (Å²) in [4.78, 5) is 0. The van der Waals surface area contributed by atoms with E-state index in [1.54, 1.807) is 0 Å². The predicted octanol–water partition coefficient (Wildman–Crippen LogP) is 4.12. The smallest absolute Gasteiger partial charge is 0.412 e. The van der Waals surface area contributed by atoms with E-state index in [9.17, 15) is 0 Å². The molecule has 18 heavy (non-hydrogen) atoms. The summed E-state index contributed by atoms with van der Waals surface area (Å²) in [5.74, 6) is 2.37. The quantitative estimate of drug-likeness (QED) is 0.808. The second kappa shape index (κ2) is 6.09. The predicted molar refractivity (Wildman–Crippen MR) is 81.3 cm³/mol. The van der Waals surface area contributed by atoms with Gasteiger partial charge in [0.25, 0.3) is 0 Å². The fraction of sp³-hybridized carbons (Fsp3) is 0.250. The van der Waals surface area contributed by atoms with Gasteiger partial charge in [0.05, 0.1) is 0 Å². The molecule has 0 aliphatic rings. The minimum absolute atomic E-state index is 0.962. The van der Waals surface area contributed by atoms with Gasteiger partial charge in [0, 0.05) is 5.69 Å². The van der Waals surface area contributed by atoms with Crippen LogP contribution in [0.25, 0.3) is 0 Å². The van der Waals surface area contributed by atoms with Gasteiger partial charge < -0.3 is 4.30 Å². The number of nitrogens with one attached hydrogen (secondary N) is 1. The van der Waals surface area contributed by atoms with Crippen molar-refractivity contribution in [1.29, 1.82) is 0 Å². The van der Waals surface area contributed by atoms with Crippen LogP contribution >= 0.6 is 0 Å². The Labute approximate surface area is 114 Å². The Balaban J connectivity index is 2.06. The van der Waals surface area contributed by atoms with Gasteiger partial charge in [0.2, 0.25) is 0 Å². The fourth-order valence-corrected chi connectivity index (χ4v) is 4.34. The Hall–Kier alpha value is -1.23. The lowest BCUT2D eigenvalue weighted by Crippen LogP contribution is -2.24. The minimum Gasteiger partial charge on any atom is -0.476 e. The molecule has 2 aromatic rings. The standard InChI is InChI=1S/C8H10N.C7H7.CH3.Al/c1-6-4-3-5-7(2)8(6)9;1-7-5-3-2-4-6-7;;/h3-5,9H,1-2H3;2-6H,1H2;1H3;/q-1;;;+1. The van der Waals surface area contributed by atoms with Crippen molar-refractivity contribution in [3.63, 3.8) is 0 Å². The number of hydrogen-bond donors (Lipinski definition) is 1. The van der Waals surface area contributed by atoms with Gasteiger partial charge in [-0.2, -0.15) is 0 Å². The number of benzene rings is 2. The zero-order valence-electron chi connectivity index (χ0n) is 11.4. The molecule has 2 rings (SSSR count). The van der Waals surface area contributed by atoms with Gasteiger partial charge in [-0.1, -0.05) is 59.9 Å². The summed E-state index contributed by atoms with van der Waals surface area (Å²) in [7, 11) is 0. The molecule has 1 N–H and O–H groups in total. The van der Waals surface area contributed by atoms with Crippen LogP contribution in [0.4, 0.5) is 5.69 Å². The first-order valence-electron chi connectivity index (χ1n) is 6.53. The summed E-state index contributed by atoms with van der Waals surface area (Å²) in [5.41, 5.74) is 5.48. The van der Waals surface area contributed by atoms with Crippen LogP contribution < -0.4 is 4.30 Å². The highest BCUT2D eigenvalue weighted by Gasteiger charge is 2.14. The molecule has 2 aromatic carbocycles. The van der Waals surface area contributed by atoms with Crippen LogP contribution in [-0.4, -0.2) is 14.4 Å². The normalized spacial score (nSPS) is 10.2. The SMILES string of the molecule is Cc1cccc(C)c1[NH][Al]([CH3])[CH2]c1ccccc1. The topological polar surface area (TPSA) is 12.0 Å². The van der Waals surface area contributed by atoms with Crippen molar-refractivity contribution in [2.75, 3.05) is 4.30 Å². The highest BCUT2D eigenvalue weighted by atomic mass is 27.2. The largest absolute Gasteiger partial charge is 0.476 e. The maximum atomic E-state index is 3.77. The minimum atomic E-state index is -0.962. The molecular weight excluding hydrogens is 233 g/mol. The Bertz CT molecular complexity index is 488. The number of para-hydroxylation sites is 1. The van der Waals surface area contributed by atoms with Gasteiger partial charge in [0.1, 0.15) is 0 Å². The van der Waals surface area contributed by atoms with E-state index < -0.39 is 14.4 Å². The Morgan fingerprint density at radius 1 is 0.889 bits per heavy atom. The molecular formula is C16H20AlN. The summed E-state index contributed by atoms with van der Waals surface area (Å²) in [6, 6.07) is 17.2. The molecule has 0 heterocycles. The molecule has 0 saturated carbocycles. The number of rotatable bonds is 4. The van der Waals surface area contributed by atoms with E-state index >= 15 is 0 Å². The van der Waals surface area contributed by atoms with E-state index in [-0.39, 0.29) is 0 Å². The summed E-state index contributed by atoms with van der Waals surface area (Å²) in [6.07, 6.45) is 0. The van der Waals surface area contributed by atoms with E-state index in [2.05, 4.69) is 72.5 Å². The highest BCUT2D eigenvalue weighted by Crippen LogP contribution is 2.20. The third-order valence-corrected chi connectivity index (χ3v) is 5.12. The van der Waals surface area contributed by atoms with E-state index in [1.165, 1.54) is 27.7 Å². The molecule has 0 unspecified atom stereocenters. The van der Waals surface area contributed by atoms with Crippen LogP contribution in [0.3, 0.4) is 0 Å². The number of anilines is 1. The van der Waals surface area contributed by atoms with Crippen LogP contribution in [0, 0.1) is 13.8 Å². The zero-order valence-corrected chi connectivity index (χ0v) is 12.6. The Morgan fingerprint density at radius 3 is 2.11 bits per heavy atom. The van der Waals surface area contributed by atoms with Gasteiger partial charge >= 0.3 is 14.4 Å². The van der Waals surface area contributed by atoms with E-state index in [4.69, 9.17) is 0 Å². The molecule has 0 amide bonds. The van der Waals surface area contributed by atoms with Crippen molar-refractivity contribution in [3.05, 3.63) is 65.2 Å². The molecule has 0 radical (unpaired) electrons. The molecule has 0 aliphatic carbocycles. The first kappa shape index (κ1) is 13.2. The average molecular weight is 253 g/mol. The van der Waals surface area contributed by atoms with Crippen molar-refractivity contribution in [2.45, 2.75) is 24.9 Å². The third kappa shape index (κ3) is 3.38. The first-order chi connectivity index (χ1) is 8.66. The van der Waals surface area contributed by atoms with Gasteiger partial charge in [-0.15, -0.1) is 0 Å². The van der Waals surface area contributed by atoms with Gasteiger partial charge in [-0.3, -0.25) is 0 Å². The number of hydrogen-bond acceptors (Lipinski definition) is 1. The molecule has 0 bridgehead atoms. The van der Waals surface area contributed by atoms with Crippen molar-refractivity contribution < 1.29 is 0 Å². The molecule has 2 heteroatoms.